The smallest absolute Gasteiger partial charge is 0.177 e. The molecule has 19 heavy (non-hydrogen) atoms. The molecule has 1 aliphatic heterocycles. The standard InChI is InChI=1S/C17H25NO/c1-12-8-14(3)15(9-13(12)2)16(19)10-18-7-6-17(4,5)11-18/h8-9H,6-7,10-11H2,1-5H3. The van der Waals surface area contributed by atoms with Crippen molar-refractivity contribution < 1.29 is 4.79 Å². The number of ketones is 1. The van der Waals surface area contributed by atoms with Gasteiger partial charge in [0, 0.05) is 12.1 Å². The zero-order valence-corrected chi connectivity index (χ0v) is 12.8. The molecule has 104 valence electrons. The SMILES string of the molecule is Cc1cc(C)c(C(=O)CN2CCC(C)(C)C2)cc1C. The number of hydrogen-bond acceptors (Lipinski definition) is 2. The molecule has 0 saturated carbocycles. The molecule has 2 rings (SSSR count). The van der Waals surface area contributed by atoms with E-state index in [1.165, 1.54) is 17.5 Å². The fraction of sp³-hybridized carbons (Fsp3) is 0.588. The first-order valence-electron chi connectivity index (χ1n) is 7.12. The van der Waals surface area contributed by atoms with Gasteiger partial charge in [-0.25, -0.2) is 0 Å². The number of aryl methyl sites for hydroxylation is 3. The third kappa shape index (κ3) is 3.24. The summed E-state index contributed by atoms with van der Waals surface area (Å²) in [5.41, 5.74) is 4.82. The van der Waals surface area contributed by atoms with E-state index in [-0.39, 0.29) is 5.78 Å². The predicted molar refractivity (Wildman–Crippen MR) is 79.8 cm³/mol. The minimum atomic E-state index is 0.262. The molecule has 0 bridgehead atoms. The molecular weight excluding hydrogens is 234 g/mol. The van der Waals surface area contributed by atoms with Crippen LogP contribution in [0.4, 0.5) is 0 Å². The second-order valence-electron chi connectivity index (χ2n) is 6.80. The number of nitrogens with zero attached hydrogens (tertiary/aromatic N) is 1. The summed E-state index contributed by atoms with van der Waals surface area (Å²) in [6.07, 6.45) is 1.19. The largest absolute Gasteiger partial charge is 0.295 e. The molecule has 0 spiro atoms. The molecular formula is C17H25NO. The summed E-state index contributed by atoms with van der Waals surface area (Å²) in [7, 11) is 0. The zero-order valence-electron chi connectivity index (χ0n) is 12.8. The van der Waals surface area contributed by atoms with Crippen LogP contribution in [-0.4, -0.2) is 30.3 Å². The average Bonchev–Trinajstić information content (AvgIpc) is 2.63. The van der Waals surface area contributed by atoms with Crippen molar-refractivity contribution in [1.82, 2.24) is 4.90 Å². The summed E-state index contributed by atoms with van der Waals surface area (Å²) in [4.78, 5) is 14.7. The van der Waals surface area contributed by atoms with Gasteiger partial charge in [0.15, 0.2) is 5.78 Å². The van der Waals surface area contributed by atoms with E-state index < -0.39 is 0 Å². The van der Waals surface area contributed by atoms with Gasteiger partial charge in [0.05, 0.1) is 6.54 Å². The normalized spacial score (nSPS) is 18.8. The lowest BCUT2D eigenvalue weighted by Crippen LogP contribution is -2.29. The van der Waals surface area contributed by atoms with Crippen LogP contribution in [0.15, 0.2) is 12.1 Å². The number of rotatable bonds is 3. The predicted octanol–water partition coefficient (Wildman–Crippen LogP) is 3.53. The quantitative estimate of drug-likeness (QED) is 0.774. The average molecular weight is 259 g/mol. The van der Waals surface area contributed by atoms with Crippen LogP contribution in [0.2, 0.25) is 0 Å². The Morgan fingerprint density at radius 2 is 1.79 bits per heavy atom. The van der Waals surface area contributed by atoms with Crippen LogP contribution >= 0.6 is 0 Å². The van der Waals surface area contributed by atoms with Crippen molar-refractivity contribution in [2.24, 2.45) is 5.41 Å². The van der Waals surface area contributed by atoms with Crippen molar-refractivity contribution in [3.63, 3.8) is 0 Å². The van der Waals surface area contributed by atoms with Crippen LogP contribution in [0.25, 0.3) is 0 Å². The maximum atomic E-state index is 12.5. The van der Waals surface area contributed by atoms with Crippen LogP contribution in [0.1, 0.15) is 47.3 Å². The van der Waals surface area contributed by atoms with Gasteiger partial charge >= 0.3 is 0 Å². The number of carbonyl (C=O) groups is 1. The fourth-order valence-electron chi connectivity index (χ4n) is 2.91. The minimum Gasteiger partial charge on any atom is -0.295 e. The second-order valence-corrected chi connectivity index (χ2v) is 6.80. The van der Waals surface area contributed by atoms with Crippen molar-refractivity contribution in [2.45, 2.75) is 41.0 Å². The molecule has 0 aromatic heterocycles. The van der Waals surface area contributed by atoms with Gasteiger partial charge in [-0.1, -0.05) is 19.9 Å². The van der Waals surface area contributed by atoms with E-state index in [2.05, 4.69) is 38.7 Å². The Hall–Kier alpha value is -1.15. The van der Waals surface area contributed by atoms with Crippen LogP contribution in [0, 0.1) is 26.2 Å². The van der Waals surface area contributed by atoms with E-state index in [0.29, 0.717) is 12.0 Å². The van der Waals surface area contributed by atoms with Gasteiger partial charge in [0.2, 0.25) is 0 Å². The van der Waals surface area contributed by atoms with Gasteiger partial charge in [-0.15, -0.1) is 0 Å². The summed E-state index contributed by atoms with van der Waals surface area (Å²) >= 11 is 0. The molecule has 1 fully saturated rings. The van der Waals surface area contributed by atoms with Gasteiger partial charge < -0.3 is 0 Å². The summed E-state index contributed by atoms with van der Waals surface area (Å²) in [5.74, 6) is 0.262. The molecule has 2 heteroatoms. The van der Waals surface area contributed by atoms with E-state index in [1.54, 1.807) is 0 Å². The molecule has 1 aromatic rings. The number of benzene rings is 1. The molecule has 0 radical (unpaired) electrons. The Labute approximate surface area is 116 Å². The topological polar surface area (TPSA) is 20.3 Å². The molecule has 0 amide bonds. The lowest BCUT2D eigenvalue weighted by atomic mass is 9.93. The molecule has 0 unspecified atom stereocenters. The lowest BCUT2D eigenvalue weighted by Gasteiger charge is -2.19. The number of likely N-dealkylation sites (tertiary alicyclic amines) is 1. The number of hydrogen-bond donors (Lipinski definition) is 0. The van der Waals surface area contributed by atoms with E-state index in [9.17, 15) is 4.79 Å². The van der Waals surface area contributed by atoms with Gasteiger partial charge in [-0.2, -0.15) is 0 Å². The summed E-state index contributed by atoms with van der Waals surface area (Å²) < 4.78 is 0. The van der Waals surface area contributed by atoms with Crippen LogP contribution in [0.5, 0.6) is 0 Å². The van der Waals surface area contributed by atoms with Gasteiger partial charge in [-0.05, 0) is 61.9 Å². The zero-order chi connectivity index (χ0) is 14.2. The fourth-order valence-corrected chi connectivity index (χ4v) is 2.91. The second kappa shape index (κ2) is 5.09. The maximum absolute atomic E-state index is 12.5. The third-order valence-corrected chi connectivity index (χ3v) is 4.26. The lowest BCUT2D eigenvalue weighted by molar-refractivity contribution is 0.0939. The van der Waals surface area contributed by atoms with Crippen molar-refractivity contribution in [3.05, 3.63) is 34.4 Å². The van der Waals surface area contributed by atoms with Crippen molar-refractivity contribution in [3.8, 4) is 0 Å². The van der Waals surface area contributed by atoms with Crippen LogP contribution < -0.4 is 0 Å². The van der Waals surface area contributed by atoms with Gasteiger partial charge in [0.1, 0.15) is 0 Å². The molecule has 0 aliphatic carbocycles. The third-order valence-electron chi connectivity index (χ3n) is 4.26. The Morgan fingerprint density at radius 1 is 1.16 bits per heavy atom. The molecule has 1 heterocycles. The Balaban J connectivity index is 2.11. The first kappa shape index (κ1) is 14.3. The monoisotopic (exact) mass is 259 g/mol. The highest BCUT2D eigenvalue weighted by Crippen LogP contribution is 2.28. The first-order chi connectivity index (χ1) is 8.78. The van der Waals surface area contributed by atoms with Crippen molar-refractivity contribution in [1.29, 1.82) is 0 Å². The Kier molecular flexibility index (Phi) is 3.82. The summed E-state index contributed by atoms with van der Waals surface area (Å²) in [6.45, 7) is 13.4. The Morgan fingerprint density at radius 3 is 2.37 bits per heavy atom. The van der Waals surface area contributed by atoms with E-state index in [1.807, 2.05) is 13.0 Å². The van der Waals surface area contributed by atoms with Crippen molar-refractivity contribution >= 4 is 5.78 Å². The summed E-state index contributed by atoms with van der Waals surface area (Å²) in [6, 6.07) is 4.17. The molecule has 2 nitrogen and oxygen atoms in total. The molecule has 1 aliphatic rings. The maximum Gasteiger partial charge on any atom is 0.177 e. The van der Waals surface area contributed by atoms with E-state index >= 15 is 0 Å². The van der Waals surface area contributed by atoms with E-state index in [0.717, 1.165) is 24.2 Å². The van der Waals surface area contributed by atoms with Gasteiger partial charge in [0.25, 0.3) is 0 Å². The van der Waals surface area contributed by atoms with Crippen molar-refractivity contribution in [2.75, 3.05) is 19.6 Å². The highest BCUT2D eigenvalue weighted by molar-refractivity contribution is 5.99. The summed E-state index contributed by atoms with van der Waals surface area (Å²) in [5, 5.41) is 0. The molecule has 0 N–H and O–H groups in total. The van der Waals surface area contributed by atoms with Crippen LogP contribution in [0.3, 0.4) is 0 Å². The molecule has 1 saturated heterocycles. The number of Topliss-reactive ketones (excluding diaryl/α,β-unsaturated/α-hetero) is 1. The Bertz CT molecular complexity index is 502. The first-order valence-corrected chi connectivity index (χ1v) is 7.12. The molecule has 0 atom stereocenters. The number of carbonyl (C=O) groups excluding carboxylic acids is 1. The highest BCUT2D eigenvalue weighted by atomic mass is 16.1. The molecule has 1 aromatic carbocycles. The highest BCUT2D eigenvalue weighted by Gasteiger charge is 2.30. The minimum absolute atomic E-state index is 0.262. The van der Waals surface area contributed by atoms with Gasteiger partial charge in [-0.3, -0.25) is 9.69 Å². The van der Waals surface area contributed by atoms with Crippen LogP contribution in [-0.2, 0) is 0 Å². The van der Waals surface area contributed by atoms with E-state index in [4.69, 9.17) is 0 Å².